The standard InChI is InChI=1S/C33H35N/c1-7-8-9-32-23(3)11-12-24(4)34(32)27-16-13-25(14-17-27)26-15-19-29-28-18-10-22(2)20-30(28)33(5,6)31(29)21-26/h7-10,13-21,24H,1,11-12H2,2-6H3/b9-8-. The van der Waals surface area contributed by atoms with Crippen LogP contribution in [0.2, 0.25) is 0 Å². The van der Waals surface area contributed by atoms with Gasteiger partial charge in [-0.05, 0) is 96.8 Å². The third-order valence-corrected chi connectivity index (χ3v) is 7.78. The van der Waals surface area contributed by atoms with Gasteiger partial charge in [0.25, 0.3) is 0 Å². The predicted molar refractivity (Wildman–Crippen MR) is 147 cm³/mol. The van der Waals surface area contributed by atoms with Crippen molar-refractivity contribution >= 4 is 5.69 Å². The SMILES string of the molecule is C=C/C=C\C1=C(C)CCC(C)N1c1ccc(-c2ccc3c(c2)C(C)(C)c2cc(C)ccc2-3)cc1. The third-order valence-electron chi connectivity index (χ3n) is 7.78. The fraction of sp³-hybridized carbons (Fsp3) is 0.273. The van der Waals surface area contributed by atoms with Gasteiger partial charge in [-0.3, -0.25) is 0 Å². The lowest BCUT2D eigenvalue weighted by atomic mass is 9.81. The second-order valence-corrected chi connectivity index (χ2v) is 10.5. The van der Waals surface area contributed by atoms with Crippen molar-refractivity contribution in [3.8, 4) is 22.3 Å². The summed E-state index contributed by atoms with van der Waals surface area (Å²) >= 11 is 0. The van der Waals surface area contributed by atoms with Crippen molar-refractivity contribution in [1.29, 1.82) is 0 Å². The molecule has 2 aliphatic rings. The summed E-state index contributed by atoms with van der Waals surface area (Å²) in [6.45, 7) is 15.3. The Kier molecular flexibility index (Phi) is 5.60. The van der Waals surface area contributed by atoms with Crippen molar-refractivity contribution in [3.05, 3.63) is 113 Å². The maximum atomic E-state index is 3.86. The zero-order chi connectivity index (χ0) is 24.0. The molecule has 1 atom stereocenters. The summed E-state index contributed by atoms with van der Waals surface area (Å²) in [7, 11) is 0. The van der Waals surface area contributed by atoms with Gasteiger partial charge in [0.05, 0.1) is 0 Å². The van der Waals surface area contributed by atoms with E-state index in [4.69, 9.17) is 0 Å². The minimum Gasteiger partial charge on any atom is -0.339 e. The topological polar surface area (TPSA) is 3.24 Å². The number of aryl methyl sites for hydroxylation is 1. The highest BCUT2D eigenvalue weighted by molar-refractivity contribution is 5.84. The first-order chi connectivity index (χ1) is 16.3. The second-order valence-electron chi connectivity index (χ2n) is 10.5. The Balaban J connectivity index is 1.50. The summed E-state index contributed by atoms with van der Waals surface area (Å²) in [6, 6.07) is 23.5. The molecule has 0 amide bonds. The summed E-state index contributed by atoms with van der Waals surface area (Å²) in [4.78, 5) is 2.48. The smallest absolute Gasteiger partial charge is 0.0413 e. The van der Waals surface area contributed by atoms with E-state index in [9.17, 15) is 0 Å². The van der Waals surface area contributed by atoms with Gasteiger partial charge < -0.3 is 4.90 Å². The van der Waals surface area contributed by atoms with Crippen molar-refractivity contribution in [2.75, 3.05) is 4.90 Å². The van der Waals surface area contributed by atoms with Gasteiger partial charge >= 0.3 is 0 Å². The van der Waals surface area contributed by atoms with E-state index in [1.807, 2.05) is 12.2 Å². The quantitative estimate of drug-likeness (QED) is 0.362. The number of hydrogen-bond acceptors (Lipinski definition) is 1. The number of hydrogen-bond donors (Lipinski definition) is 0. The molecule has 0 fully saturated rings. The first-order valence-electron chi connectivity index (χ1n) is 12.5. The zero-order valence-corrected chi connectivity index (χ0v) is 21.2. The van der Waals surface area contributed by atoms with Gasteiger partial charge in [-0.2, -0.15) is 0 Å². The molecule has 1 heterocycles. The Morgan fingerprint density at radius 3 is 2.24 bits per heavy atom. The van der Waals surface area contributed by atoms with E-state index in [-0.39, 0.29) is 5.41 Å². The summed E-state index contributed by atoms with van der Waals surface area (Å²) in [6.07, 6.45) is 8.44. The van der Waals surface area contributed by atoms with E-state index < -0.39 is 0 Å². The first-order valence-corrected chi connectivity index (χ1v) is 12.5. The maximum Gasteiger partial charge on any atom is 0.0413 e. The molecule has 0 saturated carbocycles. The van der Waals surface area contributed by atoms with Crippen LogP contribution in [0.4, 0.5) is 5.69 Å². The molecule has 1 unspecified atom stereocenters. The fourth-order valence-corrected chi connectivity index (χ4v) is 5.75. The van der Waals surface area contributed by atoms with Crippen molar-refractivity contribution in [2.24, 2.45) is 0 Å². The number of anilines is 1. The lowest BCUT2D eigenvalue weighted by Crippen LogP contribution is -2.35. The van der Waals surface area contributed by atoms with E-state index in [0.29, 0.717) is 6.04 Å². The van der Waals surface area contributed by atoms with Crippen LogP contribution in [-0.2, 0) is 5.41 Å². The van der Waals surface area contributed by atoms with E-state index in [1.54, 1.807) is 0 Å². The molecule has 0 radical (unpaired) electrons. The van der Waals surface area contributed by atoms with Crippen molar-refractivity contribution in [3.63, 3.8) is 0 Å². The van der Waals surface area contributed by atoms with Crippen LogP contribution < -0.4 is 4.90 Å². The molecule has 172 valence electrons. The lowest BCUT2D eigenvalue weighted by Gasteiger charge is -2.37. The van der Waals surface area contributed by atoms with Crippen LogP contribution in [0.1, 0.15) is 57.2 Å². The van der Waals surface area contributed by atoms with Crippen molar-refractivity contribution in [2.45, 2.75) is 58.9 Å². The molecule has 1 heteroatoms. The van der Waals surface area contributed by atoms with Crippen LogP contribution in [-0.4, -0.2) is 6.04 Å². The Morgan fingerprint density at radius 2 is 1.53 bits per heavy atom. The summed E-state index contributed by atoms with van der Waals surface area (Å²) in [5, 5.41) is 0. The number of allylic oxidation sites excluding steroid dienone is 4. The van der Waals surface area contributed by atoms with E-state index in [1.165, 1.54) is 62.3 Å². The average Bonchev–Trinajstić information content (AvgIpc) is 3.05. The Hall–Kier alpha value is -3.32. The molecule has 3 aromatic rings. The summed E-state index contributed by atoms with van der Waals surface area (Å²) in [5.74, 6) is 0. The van der Waals surface area contributed by atoms with Gasteiger partial charge in [0.2, 0.25) is 0 Å². The molecule has 34 heavy (non-hydrogen) atoms. The molecule has 0 bridgehead atoms. The number of fused-ring (bicyclic) bond motifs is 3. The van der Waals surface area contributed by atoms with Gasteiger partial charge in [0.1, 0.15) is 0 Å². The molecule has 5 rings (SSSR count). The molecule has 0 aromatic heterocycles. The monoisotopic (exact) mass is 445 g/mol. The molecule has 0 N–H and O–H groups in total. The van der Waals surface area contributed by atoms with Crippen LogP contribution in [0.3, 0.4) is 0 Å². The van der Waals surface area contributed by atoms with Crippen LogP contribution >= 0.6 is 0 Å². The largest absolute Gasteiger partial charge is 0.339 e. The minimum absolute atomic E-state index is 0.0184. The normalized spacial score (nSPS) is 18.9. The van der Waals surface area contributed by atoms with Gasteiger partial charge in [-0.25, -0.2) is 0 Å². The number of nitrogens with zero attached hydrogens (tertiary/aromatic N) is 1. The van der Waals surface area contributed by atoms with Crippen molar-refractivity contribution < 1.29 is 0 Å². The van der Waals surface area contributed by atoms with Crippen LogP contribution in [0.15, 0.2) is 96.7 Å². The Morgan fingerprint density at radius 1 is 0.882 bits per heavy atom. The van der Waals surface area contributed by atoms with Gasteiger partial charge in [-0.1, -0.05) is 80.6 Å². The van der Waals surface area contributed by atoms with E-state index in [0.717, 1.165) is 6.42 Å². The molecule has 1 aliphatic carbocycles. The Bertz CT molecular complexity index is 1320. The molecule has 0 saturated heterocycles. The van der Waals surface area contributed by atoms with Crippen molar-refractivity contribution in [1.82, 2.24) is 0 Å². The van der Waals surface area contributed by atoms with Crippen LogP contribution in [0.25, 0.3) is 22.3 Å². The molecule has 0 spiro atoms. The zero-order valence-electron chi connectivity index (χ0n) is 21.2. The maximum absolute atomic E-state index is 3.86. The lowest BCUT2D eigenvalue weighted by molar-refractivity contribution is 0.595. The van der Waals surface area contributed by atoms with E-state index >= 15 is 0 Å². The molecular weight excluding hydrogens is 410 g/mol. The minimum atomic E-state index is 0.0184. The van der Waals surface area contributed by atoms with E-state index in [2.05, 4.69) is 113 Å². The summed E-state index contributed by atoms with van der Waals surface area (Å²) in [5.41, 5.74) is 13.5. The third kappa shape index (κ3) is 3.64. The van der Waals surface area contributed by atoms with Gasteiger partial charge in [0, 0.05) is 22.8 Å². The summed E-state index contributed by atoms with van der Waals surface area (Å²) < 4.78 is 0. The molecular formula is C33H35N. The van der Waals surface area contributed by atoms with Gasteiger partial charge in [-0.15, -0.1) is 0 Å². The van der Waals surface area contributed by atoms with Crippen LogP contribution in [0.5, 0.6) is 0 Å². The second kappa shape index (κ2) is 8.47. The van der Waals surface area contributed by atoms with Gasteiger partial charge in [0.15, 0.2) is 0 Å². The predicted octanol–water partition coefficient (Wildman–Crippen LogP) is 8.97. The highest BCUT2D eigenvalue weighted by atomic mass is 15.2. The number of rotatable bonds is 4. The fourth-order valence-electron chi connectivity index (χ4n) is 5.75. The van der Waals surface area contributed by atoms with Crippen LogP contribution in [0, 0.1) is 6.92 Å². The molecule has 1 nitrogen and oxygen atoms in total. The Labute approximate surface area is 205 Å². The molecule has 1 aliphatic heterocycles. The number of benzene rings is 3. The first kappa shape index (κ1) is 22.5. The highest BCUT2D eigenvalue weighted by Gasteiger charge is 2.35. The highest BCUT2D eigenvalue weighted by Crippen LogP contribution is 2.50. The average molecular weight is 446 g/mol. The molecule has 3 aromatic carbocycles.